The molecule has 9 unspecified atom stereocenters. The first-order valence-corrected chi connectivity index (χ1v) is 17.1. The number of nitrogens with one attached hydrogen (secondary N) is 1. The number of carbonyl (C=O) groups is 2. The molecule has 5 rings (SSSR count). The molecule has 1 aromatic rings. The number of aliphatic hydroxyl groups is 2. The molecule has 1 aromatic carbocycles. The molecule has 0 spiro atoms. The van der Waals surface area contributed by atoms with Crippen LogP contribution in [0.5, 0.6) is 5.75 Å². The van der Waals surface area contributed by atoms with Gasteiger partial charge >= 0.3 is 5.97 Å². The number of fused-ring (bicyclic) bond motifs is 5. The number of aliphatic carboxylic acids is 1. The van der Waals surface area contributed by atoms with Crippen molar-refractivity contribution in [2.75, 3.05) is 0 Å². The van der Waals surface area contributed by atoms with Crippen LogP contribution in [0.1, 0.15) is 89.7 Å². The molecule has 4 saturated carbocycles. The molecule has 11 atom stereocenters. The molecule has 4 fully saturated rings. The zero-order valence-corrected chi connectivity index (χ0v) is 27.7. The van der Waals surface area contributed by atoms with E-state index in [9.17, 15) is 30.0 Å². The van der Waals surface area contributed by atoms with E-state index in [0.29, 0.717) is 54.6 Å². The van der Waals surface area contributed by atoms with Gasteiger partial charge in [0, 0.05) is 15.6 Å². The Bertz CT molecular complexity index is 1130. The van der Waals surface area contributed by atoms with Crippen molar-refractivity contribution >= 4 is 57.1 Å². The summed E-state index contributed by atoms with van der Waals surface area (Å²) in [6.07, 6.45) is 8.80. The van der Waals surface area contributed by atoms with Crippen LogP contribution in [0.3, 0.4) is 0 Å². The summed E-state index contributed by atoms with van der Waals surface area (Å²) < 4.78 is 1.12. The lowest BCUT2D eigenvalue weighted by atomic mass is 9.48. The zero-order chi connectivity index (χ0) is 28.9. The van der Waals surface area contributed by atoms with E-state index < -0.39 is 12.0 Å². The lowest BCUT2D eigenvalue weighted by Crippen LogP contribution is -2.55. The topological polar surface area (TPSA) is 127 Å². The SMILES string of the molecule is CC(CCC(=O)NC(C(=O)O)c1cc(I)c(O)cc1I)C1CCC2C3CCC4C[C@H](O)CCC4C3C[C@H](O)C12C. The Morgan fingerprint density at radius 3 is 2.45 bits per heavy atom. The minimum Gasteiger partial charge on any atom is -0.507 e. The maximum atomic E-state index is 13.0. The Hall–Kier alpha value is -0.660. The molecule has 222 valence electrons. The molecule has 0 saturated heterocycles. The number of benzene rings is 1. The van der Waals surface area contributed by atoms with Crippen molar-refractivity contribution in [2.24, 2.45) is 46.8 Å². The minimum absolute atomic E-state index is 0.0863. The van der Waals surface area contributed by atoms with Gasteiger partial charge in [-0.25, -0.2) is 4.79 Å². The second-order valence-electron chi connectivity index (χ2n) is 13.4. The van der Waals surface area contributed by atoms with Gasteiger partial charge in [0.2, 0.25) is 5.91 Å². The van der Waals surface area contributed by atoms with Crippen LogP contribution in [0.4, 0.5) is 0 Å². The number of carbonyl (C=O) groups excluding carboxylic acids is 1. The number of aromatic hydroxyl groups is 1. The molecule has 1 amide bonds. The van der Waals surface area contributed by atoms with Crippen LogP contribution in [0.25, 0.3) is 0 Å². The molecule has 9 heteroatoms. The van der Waals surface area contributed by atoms with E-state index in [-0.39, 0.29) is 41.6 Å². The van der Waals surface area contributed by atoms with Crippen molar-refractivity contribution in [3.05, 3.63) is 24.8 Å². The largest absolute Gasteiger partial charge is 0.507 e. The summed E-state index contributed by atoms with van der Waals surface area (Å²) >= 11 is 3.94. The Balaban J connectivity index is 1.22. The van der Waals surface area contributed by atoms with Gasteiger partial charge < -0.3 is 25.7 Å². The summed E-state index contributed by atoms with van der Waals surface area (Å²) in [4.78, 5) is 25.1. The summed E-state index contributed by atoms with van der Waals surface area (Å²) in [7, 11) is 0. The standard InChI is InChI=1S/C31H43I2NO6/c1-15(3-10-28(38)34-29(30(39)40)21-12-25(33)26(36)14-24(21)32)22-8-9-23-19-6-4-16-11-17(35)5-7-18(16)20(19)13-27(37)31(22,23)2/h12,14-20,22-23,27,29,35-37H,3-11,13H2,1-2H3,(H,34,38)(H,39,40)/t15?,16?,17-,18?,19?,20?,22?,23?,27+,29?,31?/m1/s1. The normalized spacial score (nSPS) is 38.5. The molecule has 5 N–H and O–H groups in total. The first-order chi connectivity index (χ1) is 18.9. The zero-order valence-electron chi connectivity index (χ0n) is 23.4. The third-order valence-electron chi connectivity index (χ3n) is 11.5. The molecule has 0 bridgehead atoms. The van der Waals surface area contributed by atoms with Crippen LogP contribution in [-0.2, 0) is 9.59 Å². The first-order valence-electron chi connectivity index (χ1n) is 15.0. The van der Waals surface area contributed by atoms with Crippen LogP contribution in [-0.4, -0.2) is 44.5 Å². The lowest BCUT2D eigenvalue weighted by molar-refractivity contribution is -0.147. The fourth-order valence-corrected chi connectivity index (χ4v) is 10.9. The van der Waals surface area contributed by atoms with E-state index in [1.165, 1.54) is 18.9 Å². The molecular weight excluding hydrogens is 736 g/mol. The monoisotopic (exact) mass is 779 g/mol. The van der Waals surface area contributed by atoms with Crippen LogP contribution in [0, 0.1) is 54.0 Å². The van der Waals surface area contributed by atoms with Crippen molar-refractivity contribution in [1.29, 1.82) is 0 Å². The van der Waals surface area contributed by atoms with Crippen LogP contribution >= 0.6 is 45.2 Å². The quantitative estimate of drug-likeness (QED) is 0.221. The Morgan fingerprint density at radius 2 is 1.73 bits per heavy atom. The predicted octanol–water partition coefficient (Wildman–Crippen LogP) is 5.86. The molecule has 4 aliphatic carbocycles. The molecule has 0 radical (unpaired) electrons. The minimum atomic E-state index is -1.18. The van der Waals surface area contributed by atoms with Gasteiger partial charge in [-0.3, -0.25) is 4.79 Å². The average Bonchev–Trinajstić information content (AvgIpc) is 3.26. The second-order valence-corrected chi connectivity index (χ2v) is 15.7. The number of amides is 1. The highest BCUT2D eigenvalue weighted by Crippen LogP contribution is 2.65. The predicted molar refractivity (Wildman–Crippen MR) is 168 cm³/mol. The number of hydrogen-bond donors (Lipinski definition) is 5. The summed E-state index contributed by atoms with van der Waals surface area (Å²) in [5.74, 6) is 2.22. The van der Waals surface area contributed by atoms with Gasteiger partial charge in [-0.1, -0.05) is 13.8 Å². The maximum Gasteiger partial charge on any atom is 0.330 e. The number of rotatable bonds is 7. The van der Waals surface area contributed by atoms with Gasteiger partial charge in [-0.05, 0) is 162 Å². The molecule has 0 aliphatic heterocycles. The molecule has 7 nitrogen and oxygen atoms in total. The van der Waals surface area contributed by atoms with Crippen molar-refractivity contribution < 1.29 is 30.0 Å². The second kappa shape index (κ2) is 12.1. The van der Waals surface area contributed by atoms with Crippen LogP contribution in [0.2, 0.25) is 0 Å². The summed E-state index contributed by atoms with van der Waals surface area (Å²) in [5.41, 5.74) is 0.311. The lowest BCUT2D eigenvalue weighted by Gasteiger charge is -2.58. The van der Waals surface area contributed by atoms with Crippen molar-refractivity contribution in [3.63, 3.8) is 0 Å². The number of carboxylic acid groups (broad SMARTS) is 1. The Kier molecular flexibility index (Phi) is 9.35. The average molecular weight is 779 g/mol. The molecule has 4 aliphatic rings. The Morgan fingerprint density at radius 1 is 1.00 bits per heavy atom. The van der Waals surface area contributed by atoms with E-state index in [0.717, 1.165) is 38.5 Å². The fourth-order valence-electron chi connectivity index (χ4n) is 9.62. The van der Waals surface area contributed by atoms with Crippen molar-refractivity contribution in [3.8, 4) is 5.75 Å². The molecule has 40 heavy (non-hydrogen) atoms. The maximum absolute atomic E-state index is 13.0. The van der Waals surface area contributed by atoms with Crippen molar-refractivity contribution in [2.45, 2.75) is 96.3 Å². The van der Waals surface area contributed by atoms with Gasteiger partial charge in [0.1, 0.15) is 5.75 Å². The third-order valence-corrected chi connectivity index (χ3v) is 13.3. The first kappa shape index (κ1) is 30.8. The number of halogens is 2. The summed E-state index contributed by atoms with van der Waals surface area (Å²) in [6, 6.07) is 1.95. The third kappa shape index (κ3) is 5.66. The van der Waals surface area contributed by atoms with E-state index >= 15 is 0 Å². The van der Waals surface area contributed by atoms with E-state index in [4.69, 9.17) is 0 Å². The van der Waals surface area contributed by atoms with Crippen molar-refractivity contribution in [1.82, 2.24) is 5.32 Å². The molecule has 0 heterocycles. The number of hydrogen-bond acceptors (Lipinski definition) is 5. The van der Waals surface area contributed by atoms with E-state index in [2.05, 4.69) is 19.2 Å². The highest BCUT2D eigenvalue weighted by molar-refractivity contribution is 14.1. The fraction of sp³-hybridized carbons (Fsp3) is 0.742. The van der Waals surface area contributed by atoms with Crippen LogP contribution in [0.15, 0.2) is 12.1 Å². The summed E-state index contributed by atoms with van der Waals surface area (Å²) in [6.45, 7) is 4.50. The van der Waals surface area contributed by atoms with Gasteiger partial charge in [-0.2, -0.15) is 0 Å². The highest BCUT2D eigenvalue weighted by atomic mass is 127. The van der Waals surface area contributed by atoms with Gasteiger partial charge in [0.15, 0.2) is 6.04 Å². The Labute approximate surface area is 264 Å². The van der Waals surface area contributed by atoms with Gasteiger partial charge in [0.05, 0.1) is 15.8 Å². The number of phenolic OH excluding ortho intramolecular Hbond substituents is 1. The van der Waals surface area contributed by atoms with E-state index in [1.54, 1.807) is 6.07 Å². The number of aliphatic hydroxyl groups excluding tert-OH is 2. The highest BCUT2D eigenvalue weighted by Gasteiger charge is 2.61. The van der Waals surface area contributed by atoms with E-state index in [1.807, 2.05) is 45.2 Å². The summed E-state index contributed by atoms with van der Waals surface area (Å²) in [5, 5.41) is 44.4. The molecular formula is C31H43I2NO6. The molecule has 0 aromatic heterocycles. The van der Waals surface area contributed by atoms with Crippen LogP contribution < -0.4 is 5.32 Å². The number of phenols is 1. The van der Waals surface area contributed by atoms with Gasteiger partial charge in [0.25, 0.3) is 0 Å². The number of carboxylic acids is 1. The van der Waals surface area contributed by atoms with Gasteiger partial charge in [-0.15, -0.1) is 0 Å². The smallest absolute Gasteiger partial charge is 0.330 e.